The van der Waals surface area contributed by atoms with Crippen LogP contribution in [0.25, 0.3) is 0 Å². The number of hydrogen-bond donors (Lipinski definition) is 1. The Hall–Kier alpha value is -0.860. The fraction of sp³-hybridized carbons (Fsp3) is 0.500. The maximum Gasteiger partial charge on any atom is 0.120 e. The Labute approximate surface area is 108 Å². The maximum absolute atomic E-state index is 10.7. The van der Waals surface area contributed by atoms with E-state index in [1.54, 1.807) is 0 Å². The van der Waals surface area contributed by atoms with E-state index in [0.717, 1.165) is 23.4 Å². The average molecular weight is 254 g/mol. The molecule has 0 saturated carbocycles. The van der Waals surface area contributed by atoms with E-state index < -0.39 is 0 Å². The third-order valence-electron chi connectivity index (χ3n) is 2.60. The minimum atomic E-state index is 0.0631. The molecule has 0 radical (unpaired) electrons. The zero-order valence-corrected chi connectivity index (χ0v) is 11.4. The Morgan fingerprint density at radius 2 is 1.88 bits per heavy atom. The smallest absolute Gasteiger partial charge is 0.120 e. The van der Waals surface area contributed by atoms with Gasteiger partial charge in [-0.25, -0.2) is 0 Å². The topological polar surface area (TPSA) is 29.1 Å². The molecule has 94 valence electrons. The minimum Gasteiger partial charge on any atom is -0.311 e. The van der Waals surface area contributed by atoms with Crippen LogP contribution in [0.4, 0.5) is 0 Å². The van der Waals surface area contributed by atoms with Crippen LogP contribution in [0, 0.1) is 0 Å². The van der Waals surface area contributed by atoms with E-state index in [0.29, 0.717) is 6.42 Å². The number of rotatable bonds is 5. The first-order chi connectivity index (χ1) is 7.92. The van der Waals surface area contributed by atoms with Gasteiger partial charge in [-0.1, -0.05) is 23.7 Å². The van der Waals surface area contributed by atoms with Gasteiger partial charge in [0.15, 0.2) is 0 Å². The van der Waals surface area contributed by atoms with E-state index >= 15 is 0 Å². The number of aldehydes is 1. The molecule has 0 aliphatic carbocycles. The molecule has 0 bridgehead atoms. The number of carbonyl (C=O) groups is 1. The van der Waals surface area contributed by atoms with Crippen LogP contribution < -0.4 is 5.32 Å². The van der Waals surface area contributed by atoms with Gasteiger partial charge in [0.1, 0.15) is 6.29 Å². The molecular formula is C14H20ClNO. The second-order valence-electron chi connectivity index (χ2n) is 5.28. The Bertz CT molecular complexity index is 353. The normalized spacial score (nSPS) is 13.4. The summed E-state index contributed by atoms with van der Waals surface area (Å²) in [5, 5.41) is 4.15. The summed E-state index contributed by atoms with van der Waals surface area (Å²) < 4.78 is 0. The monoisotopic (exact) mass is 253 g/mol. The van der Waals surface area contributed by atoms with Crippen LogP contribution in [0.5, 0.6) is 0 Å². The molecule has 1 rings (SSSR count). The summed E-state index contributed by atoms with van der Waals surface area (Å²) in [7, 11) is 0. The molecule has 3 heteroatoms. The van der Waals surface area contributed by atoms with Crippen molar-refractivity contribution in [3.8, 4) is 0 Å². The third kappa shape index (κ3) is 5.33. The first-order valence-electron chi connectivity index (χ1n) is 5.86. The lowest BCUT2D eigenvalue weighted by Crippen LogP contribution is -2.38. The highest BCUT2D eigenvalue weighted by atomic mass is 35.5. The van der Waals surface area contributed by atoms with Gasteiger partial charge in [-0.3, -0.25) is 0 Å². The Morgan fingerprint density at radius 1 is 1.29 bits per heavy atom. The summed E-state index contributed by atoms with van der Waals surface area (Å²) in [6.07, 6.45) is 1.51. The van der Waals surface area contributed by atoms with Gasteiger partial charge < -0.3 is 10.1 Å². The van der Waals surface area contributed by atoms with Crippen molar-refractivity contribution in [3.63, 3.8) is 0 Å². The van der Waals surface area contributed by atoms with E-state index in [1.807, 2.05) is 24.3 Å². The van der Waals surface area contributed by atoms with E-state index in [-0.39, 0.29) is 11.5 Å². The zero-order chi connectivity index (χ0) is 12.9. The molecule has 1 aromatic carbocycles. The Morgan fingerprint density at radius 3 is 2.35 bits per heavy atom. The van der Waals surface area contributed by atoms with Crippen LogP contribution in [-0.2, 0) is 4.79 Å². The summed E-state index contributed by atoms with van der Waals surface area (Å²) in [6, 6.07) is 7.71. The molecule has 0 fully saturated rings. The number of hydrogen-bond acceptors (Lipinski definition) is 2. The second kappa shape index (κ2) is 6.18. The summed E-state index contributed by atoms with van der Waals surface area (Å²) in [6.45, 7) is 7.15. The van der Waals surface area contributed by atoms with Crippen molar-refractivity contribution >= 4 is 17.9 Å². The van der Waals surface area contributed by atoms with Gasteiger partial charge in [0, 0.05) is 29.4 Å². The van der Waals surface area contributed by atoms with Crippen molar-refractivity contribution < 1.29 is 4.79 Å². The van der Waals surface area contributed by atoms with Gasteiger partial charge in [0.25, 0.3) is 0 Å². The molecule has 1 unspecified atom stereocenters. The van der Waals surface area contributed by atoms with Gasteiger partial charge >= 0.3 is 0 Å². The first kappa shape index (κ1) is 14.2. The van der Waals surface area contributed by atoms with Crippen molar-refractivity contribution in [3.05, 3.63) is 34.9 Å². The summed E-state index contributed by atoms with van der Waals surface area (Å²) in [5.74, 6) is 0.212. The molecule has 0 spiro atoms. The second-order valence-corrected chi connectivity index (χ2v) is 5.72. The van der Waals surface area contributed by atoms with Gasteiger partial charge in [0.2, 0.25) is 0 Å². The molecule has 17 heavy (non-hydrogen) atoms. The highest BCUT2D eigenvalue weighted by molar-refractivity contribution is 6.30. The van der Waals surface area contributed by atoms with Gasteiger partial charge in [0.05, 0.1) is 0 Å². The molecule has 1 aromatic rings. The number of nitrogens with one attached hydrogen (secondary N) is 1. The van der Waals surface area contributed by atoms with E-state index in [9.17, 15) is 4.79 Å². The Kier molecular flexibility index (Phi) is 5.16. The van der Waals surface area contributed by atoms with Crippen molar-refractivity contribution in [2.75, 3.05) is 6.54 Å². The summed E-state index contributed by atoms with van der Waals surface area (Å²) in [4.78, 5) is 10.7. The standard InChI is InChI=1S/C14H20ClNO/c1-14(2,3)16-10-12(8-9-17)11-4-6-13(15)7-5-11/h4-7,9,12,16H,8,10H2,1-3H3. The Balaban J connectivity index is 2.71. The molecule has 0 aromatic heterocycles. The van der Waals surface area contributed by atoms with Gasteiger partial charge in [-0.2, -0.15) is 0 Å². The van der Waals surface area contributed by atoms with E-state index in [4.69, 9.17) is 11.6 Å². The van der Waals surface area contributed by atoms with E-state index in [2.05, 4.69) is 26.1 Å². The van der Waals surface area contributed by atoms with Gasteiger partial charge in [-0.15, -0.1) is 0 Å². The van der Waals surface area contributed by atoms with E-state index in [1.165, 1.54) is 0 Å². The largest absolute Gasteiger partial charge is 0.311 e. The van der Waals surface area contributed by atoms with Crippen LogP contribution >= 0.6 is 11.6 Å². The molecule has 0 saturated heterocycles. The number of benzene rings is 1. The van der Waals surface area contributed by atoms with Gasteiger partial charge in [-0.05, 0) is 38.5 Å². The SMILES string of the molecule is CC(C)(C)NCC(CC=O)c1ccc(Cl)cc1. The van der Waals surface area contributed by atoms with Crippen LogP contribution in [0.2, 0.25) is 5.02 Å². The molecule has 2 nitrogen and oxygen atoms in total. The minimum absolute atomic E-state index is 0.0631. The summed E-state index contributed by atoms with van der Waals surface area (Å²) >= 11 is 5.86. The molecule has 0 heterocycles. The lowest BCUT2D eigenvalue weighted by molar-refractivity contribution is -0.108. The maximum atomic E-state index is 10.7. The molecule has 0 aliphatic rings. The van der Waals surface area contributed by atoms with Crippen LogP contribution in [0.3, 0.4) is 0 Å². The van der Waals surface area contributed by atoms with Crippen LogP contribution in [-0.4, -0.2) is 18.4 Å². The predicted molar refractivity (Wildman–Crippen MR) is 72.6 cm³/mol. The lowest BCUT2D eigenvalue weighted by Gasteiger charge is -2.24. The first-order valence-corrected chi connectivity index (χ1v) is 6.24. The summed E-state index contributed by atoms with van der Waals surface area (Å²) in [5.41, 5.74) is 1.21. The molecular weight excluding hydrogens is 234 g/mol. The highest BCUT2D eigenvalue weighted by Crippen LogP contribution is 2.21. The fourth-order valence-corrected chi connectivity index (χ4v) is 1.74. The van der Waals surface area contributed by atoms with Crippen molar-refractivity contribution in [2.45, 2.75) is 38.6 Å². The van der Waals surface area contributed by atoms with Crippen LogP contribution in [0.1, 0.15) is 38.7 Å². The number of carbonyl (C=O) groups excluding carboxylic acids is 1. The zero-order valence-electron chi connectivity index (χ0n) is 10.7. The predicted octanol–water partition coefficient (Wildman–Crippen LogP) is 3.40. The quantitative estimate of drug-likeness (QED) is 0.815. The van der Waals surface area contributed by atoms with Crippen molar-refractivity contribution in [1.82, 2.24) is 5.32 Å². The lowest BCUT2D eigenvalue weighted by atomic mass is 9.95. The van der Waals surface area contributed by atoms with Crippen molar-refractivity contribution in [2.24, 2.45) is 0 Å². The molecule has 1 atom stereocenters. The highest BCUT2D eigenvalue weighted by Gasteiger charge is 2.15. The fourth-order valence-electron chi connectivity index (χ4n) is 1.62. The third-order valence-corrected chi connectivity index (χ3v) is 2.85. The average Bonchev–Trinajstić information content (AvgIpc) is 2.24. The molecule has 0 amide bonds. The number of halogens is 1. The van der Waals surface area contributed by atoms with Crippen molar-refractivity contribution in [1.29, 1.82) is 0 Å². The molecule has 0 aliphatic heterocycles. The van der Waals surface area contributed by atoms with Crippen LogP contribution in [0.15, 0.2) is 24.3 Å². The molecule has 1 N–H and O–H groups in total.